The number of amides is 1. The molecule has 1 N–H and O–H groups in total. The van der Waals surface area contributed by atoms with E-state index >= 15 is 0 Å². The highest BCUT2D eigenvalue weighted by Gasteiger charge is 2.12. The van der Waals surface area contributed by atoms with E-state index in [0.717, 1.165) is 5.56 Å². The van der Waals surface area contributed by atoms with Crippen molar-refractivity contribution in [3.63, 3.8) is 0 Å². The summed E-state index contributed by atoms with van der Waals surface area (Å²) < 4.78 is 0. The van der Waals surface area contributed by atoms with Gasteiger partial charge in [-0.15, -0.1) is 0 Å². The van der Waals surface area contributed by atoms with Crippen LogP contribution in [0.4, 0.5) is 5.69 Å². The van der Waals surface area contributed by atoms with E-state index in [0.29, 0.717) is 15.6 Å². The molecule has 0 bridgehead atoms. The van der Waals surface area contributed by atoms with Crippen molar-refractivity contribution in [1.29, 1.82) is 0 Å². The lowest BCUT2D eigenvalue weighted by Crippen LogP contribution is -2.28. The summed E-state index contributed by atoms with van der Waals surface area (Å²) >= 11 is 11.8. The van der Waals surface area contributed by atoms with Crippen molar-refractivity contribution in [3.8, 4) is 0 Å². The number of nitro benzene ring substituents is 1. The van der Waals surface area contributed by atoms with Crippen LogP contribution < -0.4 is 5.32 Å². The standard InChI is InChI=1S/C16H14Cl2N2O3/c1-10(12-4-7-14(17)15(18)9-12)19-16(21)8-11-2-5-13(6-3-11)20(22)23/h2-7,9-10H,8H2,1H3,(H,19,21). The molecule has 2 rings (SSSR count). The van der Waals surface area contributed by atoms with Gasteiger partial charge in [-0.2, -0.15) is 0 Å². The van der Waals surface area contributed by atoms with Crippen molar-refractivity contribution in [1.82, 2.24) is 5.32 Å². The lowest BCUT2D eigenvalue weighted by atomic mass is 10.1. The number of hydrogen-bond acceptors (Lipinski definition) is 3. The number of hydrogen-bond donors (Lipinski definition) is 1. The molecule has 1 unspecified atom stereocenters. The minimum Gasteiger partial charge on any atom is -0.349 e. The molecule has 7 heteroatoms. The number of carbonyl (C=O) groups excluding carboxylic acids is 1. The number of benzene rings is 2. The van der Waals surface area contributed by atoms with Crippen molar-refractivity contribution in [2.75, 3.05) is 0 Å². The maximum atomic E-state index is 12.1. The van der Waals surface area contributed by atoms with Gasteiger partial charge < -0.3 is 5.32 Å². The van der Waals surface area contributed by atoms with Crippen LogP contribution in [0.15, 0.2) is 42.5 Å². The Bertz CT molecular complexity index is 733. The van der Waals surface area contributed by atoms with Crippen molar-refractivity contribution in [2.24, 2.45) is 0 Å². The highest BCUT2D eigenvalue weighted by molar-refractivity contribution is 6.42. The third-order valence-corrected chi connectivity index (χ3v) is 4.07. The lowest BCUT2D eigenvalue weighted by molar-refractivity contribution is -0.384. The number of non-ortho nitro benzene ring substituents is 1. The van der Waals surface area contributed by atoms with Crippen molar-refractivity contribution >= 4 is 34.8 Å². The molecule has 2 aromatic carbocycles. The first kappa shape index (κ1) is 17.2. The molecule has 1 atom stereocenters. The van der Waals surface area contributed by atoms with Crippen LogP contribution in [0.5, 0.6) is 0 Å². The number of rotatable bonds is 5. The Morgan fingerprint density at radius 3 is 2.39 bits per heavy atom. The fourth-order valence-electron chi connectivity index (χ4n) is 2.08. The van der Waals surface area contributed by atoms with Gasteiger partial charge in [0.1, 0.15) is 0 Å². The summed E-state index contributed by atoms with van der Waals surface area (Å²) in [5.74, 6) is -0.183. The zero-order valence-corrected chi connectivity index (χ0v) is 13.8. The van der Waals surface area contributed by atoms with E-state index in [1.165, 1.54) is 12.1 Å². The molecule has 0 saturated carbocycles. The van der Waals surface area contributed by atoms with Gasteiger partial charge >= 0.3 is 0 Å². The van der Waals surface area contributed by atoms with Crippen LogP contribution in [0.3, 0.4) is 0 Å². The molecule has 0 aromatic heterocycles. The Morgan fingerprint density at radius 2 is 1.83 bits per heavy atom. The third kappa shape index (κ3) is 4.68. The van der Waals surface area contributed by atoms with Gasteiger partial charge in [0.15, 0.2) is 0 Å². The van der Waals surface area contributed by atoms with Gasteiger partial charge in [-0.25, -0.2) is 0 Å². The summed E-state index contributed by atoms with van der Waals surface area (Å²) in [6.45, 7) is 1.84. The van der Waals surface area contributed by atoms with Crippen LogP contribution in [-0.2, 0) is 11.2 Å². The summed E-state index contributed by atoms with van der Waals surface area (Å²) in [6.07, 6.45) is 0.143. The average molecular weight is 353 g/mol. The Balaban J connectivity index is 1.98. The van der Waals surface area contributed by atoms with E-state index in [9.17, 15) is 14.9 Å². The van der Waals surface area contributed by atoms with Gasteiger partial charge in [0.2, 0.25) is 5.91 Å². The zero-order valence-electron chi connectivity index (χ0n) is 12.3. The molecule has 2 aromatic rings. The van der Waals surface area contributed by atoms with E-state index in [-0.39, 0.29) is 24.1 Å². The molecule has 0 aliphatic heterocycles. The van der Waals surface area contributed by atoms with Crippen LogP contribution in [0.25, 0.3) is 0 Å². The predicted molar refractivity (Wildman–Crippen MR) is 89.8 cm³/mol. The largest absolute Gasteiger partial charge is 0.349 e. The fraction of sp³-hybridized carbons (Fsp3) is 0.188. The van der Waals surface area contributed by atoms with E-state index in [4.69, 9.17) is 23.2 Å². The van der Waals surface area contributed by atoms with Crippen LogP contribution >= 0.6 is 23.2 Å². The second kappa shape index (κ2) is 7.44. The Labute approximate surface area is 143 Å². The minimum atomic E-state index is -0.476. The molecule has 0 radical (unpaired) electrons. The van der Waals surface area contributed by atoms with Crippen molar-refractivity contribution < 1.29 is 9.72 Å². The molecule has 23 heavy (non-hydrogen) atoms. The van der Waals surface area contributed by atoms with Crippen molar-refractivity contribution in [2.45, 2.75) is 19.4 Å². The monoisotopic (exact) mass is 352 g/mol. The molecule has 0 aliphatic carbocycles. The molecule has 0 aliphatic rings. The Hall–Kier alpha value is -2.11. The first-order valence-corrected chi connectivity index (χ1v) is 7.60. The van der Waals surface area contributed by atoms with E-state index in [1.807, 2.05) is 6.92 Å². The first-order valence-electron chi connectivity index (χ1n) is 6.84. The normalized spacial score (nSPS) is 11.8. The second-order valence-corrected chi connectivity index (χ2v) is 5.88. The van der Waals surface area contributed by atoms with Crippen LogP contribution in [-0.4, -0.2) is 10.8 Å². The quantitative estimate of drug-likeness (QED) is 0.643. The topological polar surface area (TPSA) is 72.2 Å². The highest BCUT2D eigenvalue weighted by Crippen LogP contribution is 2.25. The molecule has 1 amide bonds. The molecule has 120 valence electrons. The minimum absolute atomic E-state index is 0.00154. The first-order chi connectivity index (χ1) is 10.9. The van der Waals surface area contributed by atoms with Crippen LogP contribution in [0.2, 0.25) is 10.0 Å². The summed E-state index contributed by atoms with van der Waals surface area (Å²) in [4.78, 5) is 22.2. The molecule has 0 fully saturated rings. The molecule has 5 nitrogen and oxygen atoms in total. The van der Waals surface area contributed by atoms with E-state index in [1.54, 1.807) is 30.3 Å². The van der Waals surface area contributed by atoms with Gasteiger partial charge in [-0.05, 0) is 30.2 Å². The van der Waals surface area contributed by atoms with Crippen LogP contribution in [0.1, 0.15) is 24.1 Å². The maximum absolute atomic E-state index is 12.1. The third-order valence-electron chi connectivity index (χ3n) is 3.33. The van der Waals surface area contributed by atoms with Crippen molar-refractivity contribution in [3.05, 3.63) is 73.8 Å². The Kier molecular flexibility index (Phi) is 5.58. The molecular weight excluding hydrogens is 339 g/mol. The fourth-order valence-corrected chi connectivity index (χ4v) is 2.39. The van der Waals surface area contributed by atoms with Gasteiger partial charge in [0, 0.05) is 12.1 Å². The summed E-state index contributed by atoms with van der Waals surface area (Å²) in [6, 6.07) is 10.9. The molecule has 0 saturated heterocycles. The number of nitrogens with zero attached hydrogens (tertiary/aromatic N) is 1. The van der Waals surface area contributed by atoms with Crippen LogP contribution in [0, 0.1) is 10.1 Å². The molecular formula is C16H14Cl2N2O3. The smallest absolute Gasteiger partial charge is 0.269 e. The molecule has 0 heterocycles. The second-order valence-electron chi connectivity index (χ2n) is 5.06. The Morgan fingerprint density at radius 1 is 1.17 bits per heavy atom. The average Bonchev–Trinajstić information content (AvgIpc) is 2.50. The summed E-state index contributed by atoms with van der Waals surface area (Å²) in [5.41, 5.74) is 1.55. The van der Waals surface area contributed by atoms with Gasteiger partial charge in [-0.1, -0.05) is 41.4 Å². The number of nitrogens with one attached hydrogen (secondary N) is 1. The molecule has 0 spiro atoms. The summed E-state index contributed by atoms with van der Waals surface area (Å²) in [5, 5.41) is 14.3. The van der Waals surface area contributed by atoms with Gasteiger partial charge in [0.05, 0.1) is 27.4 Å². The van der Waals surface area contributed by atoms with Gasteiger partial charge in [0.25, 0.3) is 5.69 Å². The zero-order chi connectivity index (χ0) is 17.0. The SMILES string of the molecule is CC(NC(=O)Cc1ccc([N+](=O)[O-])cc1)c1ccc(Cl)c(Cl)c1. The predicted octanol–water partition coefficient (Wildman–Crippen LogP) is 4.32. The van der Waals surface area contributed by atoms with Gasteiger partial charge in [-0.3, -0.25) is 14.9 Å². The number of halogens is 2. The lowest BCUT2D eigenvalue weighted by Gasteiger charge is -2.15. The number of nitro groups is 1. The highest BCUT2D eigenvalue weighted by atomic mass is 35.5. The maximum Gasteiger partial charge on any atom is 0.269 e. The number of carbonyl (C=O) groups is 1. The summed E-state index contributed by atoms with van der Waals surface area (Å²) in [7, 11) is 0. The van der Waals surface area contributed by atoms with E-state index < -0.39 is 4.92 Å². The van der Waals surface area contributed by atoms with E-state index in [2.05, 4.69) is 5.32 Å².